The van der Waals surface area contributed by atoms with Crippen molar-refractivity contribution < 1.29 is 9.47 Å². The highest BCUT2D eigenvalue weighted by molar-refractivity contribution is 6.56. The summed E-state index contributed by atoms with van der Waals surface area (Å²) in [6.45, 7) is 2.31. The summed E-state index contributed by atoms with van der Waals surface area (Å²) in [5, 5.41) is 0.383. The van der Waals surface area contributed by atoms with Crippen molar-refractivity contribution in [3.05, 3.63) is 5.56 Å². The van der Waals surface area contributed by atoms with Crippen molar-refractivity contribution >= 4 is 87.0 Å². The van der Waals surface area contributed by atoms with E-state index in [0.717, 1.165) is 17.9 Å². The lowest BCUT2D eigenvalue weighted by Crippen LogP contribution is -2.46. The van der Waals surface area contributed by atoms with Gasteiger partial charge in [-0.1, -0.05) is 34.8 Å². The molecule has 0 spiro atoms. The van der Waals surface area contributed by atoms with Gasteiger partial charge in [-0.15, -0.1) is 0 Å². The Bertz CT molecular complexity index is 621. The zero-order valence-electron chi connectivity index (χ0n) is 16.0. The molecule has 1 heterocycles. The zero-order chi connectivity index (χ0) is 17.1. The Morgan fingerprint density at radius 3 is 1.77 bits per heavy atom. The normalized spacial score (nSPS) is 16.6. The molecule has 0 fully saturated rings. The third-order valence-electron chi connectivity index (χ3n) is 4.54. The zero-order valence-corrected chi connectivity index (χ0v) is 16.0. The Kier molecular flexibility index (Phi) is 4.20. The van der Waals surface area contributed by atoms with E-state index in [9.17, 15) is 0 Å². The topological polar surface area (TPSA) is 18.5 Å². The SMILES string of the molecule is Bc1c(B)c(C(B)(B)CC(B)(B)C)c(B)c2c1OC(B)(B)O2. The first-order valence-corrected chi connectivity index (χ1v) is 8.27. The number of rotatable bonds is 3. The van der Waals surface area contributed by atoms with E-state index in [2.05, 4.69) is 61.8 Å². The minimum atomic E-state index is -0.572. The number of hydrogen-bond acceptors (Lipinski definition) is 2. The minimum absolute atomic E-state index is 0.0995. The lowest BCUT2D eigenvalue weighted by molar-refractivity contribution is 0.0844. The molecule has 0 radical (unpaired) electrons. The maximum absolute atomic E-state index is 6.10. The molecule has 1 aliphatic heterocycles. The third-order valence-corrected chi connectivity index (χ3v) is 4.54. The van der Waals surface area contributed by atoms with Crippen molar-refractivity contribution in [3.63, 3.8) is 0 Å². The van der Waals surface area contributed by atoms with E-state index in [1.807, 2.05) is 15.7 Å². The van der Waals surface area contributed by atoms with Gasteiger partial charge in [-0.3, -0.25) is 0 Å². The summed E-state index contributed by atoms with van der Waals surface area (Å²) in [5.74, 6) is 1.86. The first kappa shape index (κ1) is 17.8. The maximum Gasteiger partial charge on any atom is 0.197 e. The fourth-order valence-electron chi connectivity index (χ4n) is 4.28. The molecule has 0 atom stereocenters. The number of benzene rings is 1. The third kappa shape index (κ3) is 3.19. The molecule has 0 aromatic heterocycles. The van der Waals surface area contributed by atoms with Crippen molar-refractivity contribution in [3.8, 4) is 11.5 Å². The summed E-state index contributed by atoms with van der Waals surface area (Å²) in [4.78, 5) is 0. The Morgan fingerprint density at radius 1 is 0.864 bits per heavy atom. The van der Waals surface area contributed by atoms with E-state index in [4.69, 9.17) is 9.47 Å². The molecule has 106 valence electrons. The van der Waals surface area contributed by atoms with Crippen LogP contribution in [0.15, 0.2) is 0 Å². The molecule has 0 saturated carbocycles. The van der Waals surface area contributed by atoms with E-state index < -0.39 is 5.59 Å². The second-order valence-electron chi connectivity index (χ2n) is 9.13. The average Bonchev–Trinajstić information content (AvgIpc) is 2.59. The molecule has 2 rings (SSSR count). The van der Waals surface area contributed by atoms with Crippen molar-refractivity contribution in [2.75, 3.05) is 0 Å². The molecular weight excluding hydrogens is 261 g/mol. The largest absolute Gasteiger partial charge is 0.467 e. The summed E-state index contributed by atoms with van der Waals surface area (Å²) in [6, 6.07) is 0. The van der Waals surface area contributed by atoms with E-state index in [0.29, 0.717) is 0 Å². The smallest absolute Gasteiger partial charge is 0.197 e. The maximum atomic E-state index is 6.10. The monoisotopic (exact) mass is 286 g/mol. The predicted molar refractivity (Wildman–Crippen MR) is 121 cm³/mol. The van der Waals surface area contributed by atoms with Gasteiger partial charge in [0.1, 0.15) is 39.2 Å². The molecule has 0 saturated heterocycles. The van der Waals surface area contributed by atoms with Crippen LogP contribution in [0.5, 0.6) is 11.5 Å². The fraction of sp³-hybridized carbons (Fsp3) is 0.455. The molecule has 0 bridgehead atoms. The van der Waals surface area contributed by atoms with Crippen LogP contribution >= 0.6 is 0 Å². The van der Waals surface area contributed by atoms with Gasteiger partial charge < -0.3 is 9.47 Å². The number of fused-ring (bicyclic) bond motifs is 1. The van der Waals surface area contributed by atoms with Crippen LogP contribution in [0.4, 0.5) is 0 Å². The second kappa shape index (κ2) is 5.21. The van der Waals surface area contributed by atoms with Crippen LogP contribution in [0.1, 0.15) is 18.9 Å². The van der Waals surface area contributed by atoms with E-state index in [1.165, 1.54) is 22.0 Å². The summed E-state index contributed by atoms with van der Waals surface area (Å²) in [7, 11) is 19.8. The Morgan fingerprint density at radius 2 is 1.32 bits per heavy atom. The fourth-order valence-corrected chi connectivity index (χ4v) is 4.28. The lowest BCUT2D eigenvalue weighted by atomic mass is 9.38. The quantitative estimate of drug-likeness (QED) is 0.514. The van der Waals surface area contributed by atoms with Crippen LogP contribution in [0.3, 0.4) is 0 Å². The van der Waals surface area contributed by atoms with Crippen LogP contribution in [0.25, 0.3) is 0 Å². The minimum Gasteiger partial charge on any atom is -0.467 e. The highest BCUT2D eigenvalue weighted by Crippen LogP contribution is 2.37. The van der Waals surface area contributed by atoms with Crippen molar-refractivity contribution in [1.82, 2.24) is 0 Å². The summed E-state index contributed by atoms with van der Waals surface area (Å²) in [5.41, 5.74) is 4.63. The molecule has 0 unspecified atom stereocenters. The van der Waals surface area contributed by atoms with Gasteiger partial charge >= 0.3 is 0 Å². The highest BCUT2D eigenvalue weighted by Gasteiger charge is 2.38. The van der Waals surface area contributed by atoms with Crippen molar-refractivity contribution in [2.45, 2.75) is 29.4 Å². The molecule has 1 aromatic carbocycles. The van der Waals surface area contributed by atoms with Crippen LogP contribution in [-0.2, 0) is 5.21 Å². The van der Waals surface area contributed by atoms with Gasteiger partial charge in [0.05, 0.1) is 15.7 Å². The Hall–Kier alpha value is -0.596. The summed E-state index contributed by atoms with van der Waals surface area (Å²) >= 11 is 0. The molecule has 0 amide bonds. The highest BCUT2D eigenvalue weighted by atomic mass is 16.7. The molecule has 0 N–H and O–H groups in total. The lowest BCUT2D eigenvalue weighted by Gasteiger charge is -2.37. The predicted octanol–water partition coefficient (Wildman–Crippen LogP) is -8.68. The second-order valence-corrected chi connectivity index (χ2v) is 9.13. The van der Waals surface area contributed by atoms with E-state index >= 15 is 0 Å². The molecule has 1 aliphatic rings. The Labute approximate surface area is 143 Å². The van der Waals surface area contributed by atoms with Crippen LogP contribution < -0.4 is 25.9 Å². The van der Waals surface area contributed by atoms with Gasteiger partial charge in [0.15, 0.2) is 32.8 Å². The molecule has 11 heteroatoms. The van der Waals surface area contributed by atoms with Gasteiger partial charge in [-0.25, -0.2) is 0 Å². The molecule has 2 nitrogen and oxygen atoms in total. The van der Waals surface area contributed by atoms with Gasteiger partial charge in [0, 0.05) is 0 Å². The molecule has 0 aliphatic carbocycles. The molecule has 1 aromatic rings. The Balaban J connectivity index is 2.63. The number of hydrogen-bond donors (Lipinski definition) is 0. The van der Waals surface area contributed by atoms with Crippen LogP contribution in [-0.4, -0.2) is 76.2 Å². The van der Waals surface area contributed by atoms with Crippen molar-refractivity contribution in [2.24, 2.45) is 0 Å². The first-order valence-electron chi connectivity index (χ1n) is 8.27. The summed E-state index contributed by atoms with van der Waals surface area (Å²) in [6.07, 6.45) is 1.13. The summed E-state index contributed by atoms with van der Waals surface area (Å²) < 4.78 is 12.1. The van der Waals surface area contributed by atoms with Crippen LogP contribution in [0, 0.1) is 0 Å². The molecule has 22 heavy (non-hydrogen) atoms. The van der Waals surface area contributed by atoms with Gasteiger partial charge in [0.2, 0.25) is 0 Å². The average molecular weight is 285 g/mol. The van der Waals surface area contributed by atoms with Crippen molar-refractivity contribution in [1.29, 1.82) is 0 Å². The van der Waals surface area contributed by atoms with Gasteiger partial charge in [-0.2, -0.15) is 0 Å². The molecular formula is C11H23B9O2. The first-order chi connectivity index (χ1) is 9.75. The van der Waals surface area contributed by atoms with E-state index in [-0.39, 0.29) is 10.4 Å². The number of ether oxygens (including phenoxy) is 2. The standard InChI is InChI=1S/C11H23B9O2/c1-9(15,16)2-10(17,18)3-4(12)6(14)8-7(5(3)13)21-11(19,20)22-8/h2,12-20H2,1H3. The van der Waals surface area contributed by atoms with Gasteiger partial charge in [0.25, 0.3) is 0 Å². The van der Waals surface area contributed by atoms with E-state index in [1.54, 1.807) is 0 Å². The van der Waals surface area contributed by atoms with Crippen LogP contribution in [0.2, 0.25) is 5.21 Å². The van der Waals surface area contributed by atoms with Gasteiger partial charge in [-0.05, 0) is 10.9 Å².